The minimum absolute atomic E-state index is 0.00772. The van der Waals surface area contributed by atoms with Crippen LogP contribution in [0.25, 0.3) is 0 Å². The van der Waals surface area contributed by atoms with Crippen molar-refractivity contribution in [2.24, 2.45) is 7.05 Å². The van der Waals surface area contributed by atoms with E-state index in [4.69, 9.17) is 0 Å². The molecule has 1 aromatic rings. The normalized spacial score (nSPS) is 24.4. The summed E-state index contributed by atoms with van der Waals surface area (Å²) in [5.74, 6) is 0.893. The number of carbonyl (C=O) groups excluding carboxylic acids is 2. The highest BCUT2D eigenvalue weighted by Gasteiger charge is 2.38. The minimum Gasteiger partial charge on any atom is -0.347 e. The predicted molar refractivity (Wildman–Crippen MR) is 86.4 cm³/mol. The highest BCUT2D eigenvalue weighted by atomic mass is 16.2. The van der Waals surface area contributed by atoms with Crippen LogP contribution in [0.2, 0.25) is 0 Å². The number of imidazole rings is 1. The number of carbonyl (C=O) groups is 2. The average Bonchev–Trinajstić information content (AvgIpc) is 2.87. The Labute approximate surface area is 136 Å². The maximum absolute atomic E-state index is 12.5. The van der Waals surface area contributed by atoms with Gasteiger partial charge in [-0.05, 0) is 32.6 Å². The summed E-state index contributed by atoms with van der Waals surface area (Å²) in [7, 11) is 3.70. The third-order valence-electron chi connectivity index (χ3n) is 5.13. The molecule has 2 atom stereocenters. The molecule has 2 heterocycles. The third kappa shape index (κ3) is 2.90. The van der Waals surface area contributed by atoms with Crippen LogP contribution < -0.4 is 5.32 Å². The number of hydrogen-bond acceptors (Lipinski definition) is 3. The fourth-order valence-corrected chi connectivity index (χ4v) is 3.37. The van der Waals surface area contributed by atoms with E-state index in [1.165, 1.54) is 12.0 Å². The Morgan fingerprint density at radius 2 is 2.04 bits per heavy atom. The quantitative estimate of drug-likeness (QED) is 0.863. The molecule has 0 radical (unpaired) electrons. The van der Waals surface area contributed by atoms with Crippen LogP contribution in [0.1, 0.15) is 50.9 Å². The van der Waals surface area contributed by atoms with Gasteiger partial charge in [-0.2, -0.15) is 0 Å². The largest absolute Gasteiger partial charge is 0.347 e. The van der Waals surface area contributed by atoms with Gasteiger partial charge in [0.05, 0.1) is 6.04 Å². The summed E-state index contributed by atoms with van der Waals surface area (Å²) in [6.07, 6.45) is 7.94. The van der Waals surface area contributed by atoms with Gasteiger partial charge in [0.2, 0.25) is 11.8 Å². The lowest BCUT2D eigenvalue weighted by Crippen LogP contribution is -2.51. The number of aromatic nitrogens is 2. The molecule has 0 bridgehead atoms. The van der Waals surface area contributed by atoms with Crippen molar-refractivity contribution in [3.05, 3.63) is 29.4 Å². The van der Waals surface area contributed by atoms with Gasteiger partial charge in [-0.25, -0.2) is 4.98 Å². The second-order valence-electron chi connectivity index (χ2n) is 6.55. The number of nitrogens with zero attached hydrogens (tertiary/aromatic N) is 3. The van der Waals surface area contributed by atoms with E-state index >= 15 is 0 Å². The summed E-state index contributed by atoms with van der Waals surface area (Å²) < 4.78 is 1.91. The Morgan fingerprint density at radius 3 is 2.61 bits per heavy atom. The molecule has 23 heavy (non-hydrogen) atoms. The van der Waals surface area contributed by atoms with Gasteiger partial charge in [0.1, 0.15) is 11.9 Å². The van der Waals surface area contributed by atoms with Gasteiger partial charge in [0.25, 0.3) is 0 Å². The first-order chi connectivity index (χ1) is 11.0. The summed E-state index contributed by atoms with van der Waals surface area (Å²) in [5, 5.41) is 3.14. The molecule has 1 aliphatic carbocycles. The molecule has 124 valence electrons. The van der Waals surface area contributed by atoms with Crippen molar-refractivity contribution in [2.45, 2.75) is 51.1 Å². The Kier molecular flexibility index (Phi) is 4.24. The second kappa shape index (κ2) is 6.18. The molecule has 2 aliphatic rings. The molecule has 1 N–H and O–H groups in total. The Hall–Kier alpha value is -2.11. The lowest BCUT2D eigenvalue weighted by Gasteiger charge is -2.39. The molecule has 0 aromatic carbocycles. The topological polar surface area (TPSA) is 67.2 Å². The number of aryl methyl sites for hydroxylation is 1. The highest BCUT2D eigenvalue weighted by Crippen LogP contribution is 2.31. The maximum Gasteiger partial charge on any atom is 0.247 e. The van der Waals surface area contributed by atoms with E-state index in [9.17, 15) is 9.59 Å². The Balaban J connectivity index is 1.82. The van der Waals surface area contributed by atoms with Crippen molar-refractivity contribution < 1.29 is 9.59 Å². The molecule has 6 nitrogen and oxygen atoms in total. The summed E-state index contributed by atoms with van der Waals surface area (Å²) in [6, 6.07) is -0.332. The van der Waals surface area contributed by atoms with E-state index in [0.29, 0.717) is 12.8 Å². The first-order valence-corrected chi connectivity index (χ1v) is 8.21. The van der Waals surface area contributed by atoms with Crippen LogP contribution >= 0.6 is 0 Å². The van der Waals surface area contributed by atoms with Crippen molar-refractivity contribution in [2.75, 3.05) is 7.05 Å². The van der Waals surface area contributed by atoms with E-state index in [1.807, 2.05) is 24.7 Å². The van der Waals surface area contributed by atoms with Crippen LogP contribution in [-0.4, -0.2) is 39.4 Å². The highest BCUT2D eigenvalue weighted by molar-refractivity contribution is 5.94. The van der Waals surface area contributed by atoms with E-state index in [2.05, 4.69) is 10.3 Å². The number of hydrogen-bond donors (Lipinski definition) is 1. The molecule has 6 heteroatoms. The fourth-order valence-electron chi connectivity index (χ4n) is 3.37. The standard InChI is InChI=1S/C17H24N4O2/c1-11(12-5-4-6-12)17(23)19-13-7-8-14(22)21(3)15(13)16-18-9-10-20(16)2/h9-10,13,15H,4-8H2,1-3H3,(H,19,23)/t13-,15-/m1/s1. The van der Waals surface area contributed by atoms with Gasteiger partial charge in [-0.1, -0.05) is 5.57 Å². The average molecular weight is 316 g/mol. The van der Waals surface area contributed by atoms with Crippen LogP contribution in [0.15, 0.2) is 23.5 Å². The monoisotopic (exact) mass is 316 g/mol. The molecule has 1 saturated carbocycles. The lowest BCUT2D eigenvalue weighted by molar-refractivity contribution is -0.137. The molecule has 0 spiro atoms. The van der Waals surface area contributed by atoms with Gasteiger partial charge in [0, 0.05) is 38.5 Å². The Morgan fingerprint density at radius 1 is 1.30 bits per heavy atom. The van der Waals surface area contributed by atoms with Gasteiger partial charge >= 0.3 is 0 Å². The van der Waals surface area contributed by atoms with Crippen LogP contribution in [0.5, 0.6) is 0 Å². The van der Waals surface area contributed by atoms with Gasteiger partial charge < -0.3 is 14.8 Å². The summed E-state index contributed by atoms with van der Waals surface area (Å²) >= 11 is 0. The Bertz CT molecular complexity index is 655. The van der Waals surface area contributed by atoms with E-state index in [-0.39, 0.29) is 23.9 Å². The van der Waals surface area contributed by atoms with Crippen molar-refractivity contribution in [3.8, 4) is 0 Å². The first-order valence-electron chi connectivity index (χ1n) is 8.21. The molecule has 1 aliphatic heterocycles. The fraction of sp³-hybridized carbons (Fsp3) is 0.588. The number of likely N-dealkylation sites (N-methyl/N-ethyl adjacent to an activating group) is 1. The van der Waals surface area contributed by atoms with E-state index in [0.717, 1.165) is 24.2 Å². The first kappa shape index (κ1) is 15.8. The van der Waals surface area contributed by atoms with E-state index in [1.54, 1.807) is 18.1 Å². The summed E-state index contributed by atoms with van der Waals surface area (Å²) in [4.78, 5) is 30.7. The summed E-state index contributed by atoms with van der Waals surface area (Å²) in [6.45, 7) is 1.90. The van der Waals surface area contributed by atoms with Gasteiger partial charge in [-0.15, -0.1) is 0 Å². The SMILES string of the molecule is CC(C(=O)N[C@@H]1CCC(=O)N(C)[C@H]1c1nccn1C)=C1CCC1. The number of rotatable bonds is 3. The zero-order valence-corrected chi connectivity index (χ0v) is 14.0. The molecule has 1 aromatic heterocycles. The molecule has 0 unspecified atom stereocenters. The van der Waals surface area contributed by atoms with Crippen LogP contribution in [0.4, 0.5) is 0 Å². The maximum atomic E-state index is 12.5. The zero-order chi connectivity index (χ0) is 16.6. The van der Waals surface area contributed by atoms with Crippen LogP contribution in [0, 0.1) is 0 Å². The number of nitrogens with one attached hydrogen (secondary N) is 1. The van der Waals surface area contributed by atoms with Crippen molar-refractivity contribution in [3.63, 3.8) is 0 Å². The molecule has 1 saturated heterocycles. The van der Waals surface area contributed by atoms with Crippen LogP contribution in [0.3, 0.4) is 0 Å². The molecule has 2 amide bonds. The van der Waals surface area contributed by atoms with Crippen molar-refractivity contribution >= 4 is 11.8 Å². The second-order valence-corrected chi connectivity index (χ2v) is 6.55. The summed E-state index contributed by atoms with van der Waals surface area (Å²) in [5.41, 5.74) is 2.10. The number of allylic oxidation sites excluding steroid dienone is 1. The van der Waals surface area contributed by atoms with Gasteiger partial charge in [-0.3, -0.25) is 9.59 Å². The molecule has 3 rings (SSSR count). The number of likely N-dealkylation sites (tertiary alicyclic amines) is 1. The van der Waals surface area contributed by atoms with Crippen molar-refractivity contribution in [1.29, 1.82) is 0 Å². The van der Waals surface area contributed by atoms with Gasteiger partial charge in [0.15, 0.2) is 0 Å². The number of piperidine rings is 1. The minimum atomic E-state index is -0.223. The predicted octanol–water partition coefficient (Wildman–Crippen LogP) is 1.70. The lowest BCUT2D eigenvalue weighted by atomic mass is 9.87. The smallest absolute Gasteiger partial charge is 0.247 e. The van der Waals surface area contributed by atoms with E-state index < -0.39 is 0 Å². The van der Waals surface area contributed by atoms with Crippen LogP contribution in [-0.2, 0) is 16.6 Å². The number of amides is 2. The zero-order valence-electron chi connectivity index (χ0n) is 14.0. The third-order valence-corrected chi connectivity index (χ3v) is 5.13. The molecular weight excluding hydrogens is 292 g/mol. The molecule has 2 fully saturated rings. The van der Waals surface area contributed by atoms with Crippen molar-refractivity contribution in [1.82, 2.24) is 19.8 Å². The molecular formula is C17H24N4O2.